The summed E-state index contributed by atoms with van der Waals surface area (Å²) in [6.45, 7) is 5.59. The highest BCUT2D eigenvalue weighted by Crippen LogP contribution is 2.29. The minimum absolute atomic E-state index is 0.242. The number of benzene rings is 1. The summed E-state index contributed by atoms with van der Waals surface area (Å²) >= 11 is 3.39. The highest BCUT2D eigenvalue weighted by molar-refractivity contribution is 9.10. The van der Waals surface area contributed by atoms with Gasteiger partial charge in [0.25, 0.3) is 5.88 Å². The first-order valence-electron chi connectivity index (χ1n) is 5.71. The molecule has 19 heavy (non-hydrogen) atoms. The van der Waals surface area contributed by atoms with E-state index in [1.807, 2.05) is 39.0 Å². The number of aryl methyl sites for hydroxylation is 2. The molecule has 0 amide bonds. The van der Waals surface area contributed by atoms with Gasteiger partial charge in [-0.15, -0.1) is 5.10 Å². The average molecular weight is 318 g/mol. The highest BCUT2D eigenvalue weighted by atomic mass is 79.9. The molecule has 0 unspecified atom stereocenters. The summed E-state index contributed by atoms with van der Waals surface area (Å²) in [6, 6.07) is 7.82. The first kappa shape index (κ1) is 13.5. The van der Waals surface area contributed by atoms with Crippen LogP contribution in [0.2, 0.25) is 0 Å². The number of ether oxygens (including phenoxy) is 1. The molecule has 4 nitrogen and oxygen atoms in total. The normalized spacial score (nSPS) is 10.1. The molecule has 2 aromatic rings. The van der Waals surface area contributed by atoms with Crippen molar-refractivity contribution in [3.63, 3.8) is 0 Å². The lowest BCUT2D eigenvalue weighted by atomic mass is 10.1. The van der Waals surface area contributed by atoms with E-state index in [0.29, 0.717) is 11.3 Å². The van der Waals surface area contributed by atoms with Gasteiger partial charge in [0, 0.05) is 4.47 Å². The summed E-state index contributed by atoms with van der Waals surface area (Å²) in [5, 5.41) is 17.2. The quantitative estimate of drug-likeness (QED) is 0.844. The van der Waals surface area contributed by atoms with Crippen LogP contribution in [0.3, 0.4) is 0 Å². The SMILES string of the molecule is Cc1ccc(Br)cc1Oc1nnc(C)c(C)c1C#N. The minimum Gasteiger partial charge on any atom is -0.436 e. The molecule has 0 aliphatic carbocycles. The van der Waals surface area contributed by atoms with Crippen molar-refractivity contribution in [1.29, 1.82) is 5.26 Å². The predicted octanol–water partition coefficient (Wildman–Crippen LogP) is 3.83. The fourth-order valence-electron chi connectivity index (χ4n) is 1.58. The van der Waals surface area contributed by atoms with Gasteiger partial charge >= 0.3 is 0 Å². The zero-order valence-corrected chi connectivity index (χ0v) is 12.4. The fourth-order valence-corrected chi connectivity index (χ4v) is 1.92. The van der Waals surface area contributed by atoms with Crippen molar-refractivity contribution in [2.24, 2.45) is 0 Å². The Morgan fingerprint density at radius 1 is 1.21 bits per heavy atom. The maximum atomic E-state index is 9.22. The lowest BCUT2D eigenvalue weighted by Crippen LogP contribution is -2.01. The number of aromatic nitrogens is 2. The van der Waals surface area contributed by atoms with Gasteiger partial charge in [-0.3, -0.25) is 0 Å². The van der Waals surface area contributed by atoms with Gasteiger partial charge < -0.3 is 4.74 Å². The molecule has 5 heteroatoms. The molecule has 0 atom stereocenters. The third-order valence-electron chi connectivity index (χ3n) is 2.89. The van der Waals surface area contributed by atoms with Crippen molar-refractivity contribution >= 4 is 15.9 Å². The Morgan fingerprint density at radius 3 is 2.63 bits per heavy atom. The number of halogens is 1. The molecule has 2 rings (SSSR count). The number of nitriles is 1. The standard InChI is InChI=1S/C14H12BrN3O/c1-8-4-5-11(15)6-13(8)19-14-12(7-16)9(2)10(3)17-18-14/h4-6H,1-3H3. The van der Waals surface area contributed by atoms with Gasteiger partial charge in [0.15, 0.2) is 0 Å². The number of hydrogen-bond acceptors (Lipinski definition) is 4. The summed E-state index contributed by atoms with van der Waals surface area (Å²) in [5.74, 6) is 0.898. The molecule has 1 aromatic carbocycles. The Kier molecular flexibility index (Phi) is 3.82. The lowest BCUT2D eigenvalue weighted by molar-refractivity contribution is 0.448. The maximum absolute atomic E-state index is 9.22. The second kappa shape index (κ2) is 5.37. The Labute approximate surface area is 120 Å². The third kappa shape index (κ3) is 2.74. The molecule has 0 aliphatic rings. The average Bonchev–Trinajstić information content (AvgIpc) is 2.38. The summed E-state index contributed by atoms with van der Waals surface area (Å²) in [7, 11) is 0. The summed E-state index contributed by atoms with van der Waals surface area (Å²) in [5.41, 5.74) is 2.91. The minimum atomic E-state index is 0.242. The molecule has 0 aliphatic heterocycles. The van der Waals surface area contributed by atoms with Crippen LogP contribution in [0.15, 0.2) is 22.7 Å². The molecule has 1 aromatic heterocycles. The molecule has 0 saturated heterocycles. The van der Waals surface area contributed by atoms with Crippen LogP contribution >= 0.6 is 15.9 Å². The first-order valence-corrected chi connectivity index (χ1v) is 6.50. The Balaban J connectivity index is 2.47. The first-order chi connectivity index (χ1) is 9.02. The van der Waals surface area contributed by atoms with E-state index in [-0.39, 0.29) is 5.88 Å². The van der Waals surface area contributed by atoms with Crippen molar-refractivity contribution < 1.29 is 4.74 Å². The molecular formula is C14H12BrN3O. The van der Waals surface area contributed by atoms with Crippen LogP contribution in [-0.2, 0) is 0 Å². The second-order valence-electron chi connectivity index (χ2n) is 4.21. The van der Waals surface area contributed by atoms with E-state index in [1.54, 1.807) is 0 Å². The second-order valence-corrected chi connectivity index (χ2v) is 5.13. The van der Waals surface area contributed by atoms with Crippen molar-refractivity contribution in [2.45, 2.75) is 20.8 Å². The van der Waals surface area contributed by atoms with Crippen LogP contribution in [0.1, 0.15) is 22.4 Å². The van der Waals surface area contributed by atoms with E-state index < -0.39 is 0 Å². The van der Waals surface area contributed by atoms with Crippen LogP contribution in [-0.4, -0.2) is 10.2 Å². The maximum Gasteiger partial charge on any atom is 0.257 e. The molecular weight excluding hydrogens is 306 g/mol. The smallest absolute Gasteiger partial charge is 0.257 e. The van der Waals surface area contributed by atoms with Gasteiger partial charge in [-0.25, -0.2) is 0 Å². The van der Waals surface area contributed by atoms with Gasteiger partial charge in [0.05, 0.1) is 5.69 Å². The van der Waals surface area contributed by atoms with Gasteiger partial charge in [-0.2, -0.15) is 10.4 Å². The van der Waals surface area contributed by atoms with Gasteiger partial charge in [-0.1, -0.05) is 22.0 Å². The third-order valence-corrected chi connectivity index (χ3v) is 3.38. The monoisotopic (exact) mass is 317 g/mol. The van der Waals surface area contributed by atoms with Crippen LogP contribution in [0.5, 0.6) is 11.6 Å². The lowest BCUT2D eigenvalue weighted by Gasteiger charge is -2.10. The highest BCUT2D eigenvalue weighted by Gasteiger charge is 2.13. The molecule has 0 radical (unpaired) electrons. The number of rotatable bonds is 2. The van der Waals surface area contributed by atoms with Gasteiger partial charge in [0.1, 0.15) is 17.4 Å². The van der Waals surface area contributed by atoms with Crippen molar-refractivity contribution in [3.05, 3.63) is 45.1 Å². The molecule has 0 bridgehead atoms. The van der Waals surface area contributed by atoms with E-state index in [2.05, 4.69) is 32.2 Å². The molecule has 96 valence electrons. The number of nitrogens with zero attached hydrogens (tertiary/aromatic N) is 3. The van der Waals surface area contributed by atoms with Crippen molar-refractivity contribution in [1.82, 2.24) is 10.2 Å². The van der Waals surface area contributed by atoms with Crippen LogP contribution in [0.4, 0.5) is 0 Å². The topological polar surface area (TPSA) is 58.8 Å². The molecule has 0 fully saturated rings. The molecule has 1 heterocycles. The summed E-state index contributed by atoms with van der Waals surface area (Å²) in [6.07, 6.45) is 0. The van der Waals surface area contributed by atoms with Crippen molar-refractivity contribution in [3.8, 4) is 17.7 Å². The number of hydrogen-bond donors (Lipinski definition) is 0. The van der Waals surface area contributed by atoms with Crippen LogP contribution in [0.25, 0.3) is 0 Å². The Hall–Kier alpha value is -1.93. The summed E-state index contributed by atoms with van der Waals surface area (Å²) in [4.78, 5) is 0. The molecule has 0 N–H and O–H groups in total. The van der Waals surface area contributed by atoms with Crippen LogP contribution in [0, 0.1) is 32.1 Å². The fraction of sp³-hybridized carbons (Fsp3) is 0.214. The van der Waals surface area contributed by atoms with E-state index in [4.69, 9.17) is 4.74 Å². The molecule has 0 saturated carbocycles. The van der Waals surface area contributed by atoms with E-state index >= 15 is 0 Å². The Bertz CT molecular complexity index is 677. The zero-order chi connectivity index (χ0) is 14.0. The molecule has 0 spiro atoms. The predicted molar refractivity (Wildman–Crippen MR) is 75.2 cm³/mol. The van der Waals surface area contributed by atoms with Gasteiger partial charge in [0.2, 0.25) is 0 Å². The van der Waals surface area contributed by atoms with E-state index in [9.17, 15) is 5.26 Å². The van der Waals surface area contributed by atoms with E-state index in [1.165, 1.54) is 0 Å². The van der Waals surface area contributed by atoms with Crippen LogP contribution < -0.4 is 4.74 Å². The van der Waals surface area contributed by atoms with Gasteiger partial charge in [-0.05, 0) is 44.0 Å². The summed E-state index contributed by atoms with van der Waals surface area (Å²) < 4.78 is 6.63. The largest absolute Gasteiger partial charge is 0.436 e. The van der Waals surface area contributed by atoms with E-state index in [0.717, 1.165) is 21.3 Å². The zero-order valence-electron chi connectivity index (χ0n) is 10.9. The van der Waals surface area contributed by atoms with Crippen molar-refractivity contribution in [2.75, 3.05) is 0 Å². The Morgan fingerprint density at radius 2 is 1.95 bits per heavy atom.